The summed E-state index contributed by atoms with van der Waals surface area (Å²) in [7, 11) is 0. The maximum Gasteiger partial charge on any atom is 0.240 e. The van der Waals surface area contributed by atoms with Crippen molar-refractivity contribution >= 4 is 39.3 Å². The second-order valence-corrected chi connectivity index (χ2v) is 4.91. The summed E-state index contributed by atoms with van der Waals surface area (Å²) in [5.41, 5.74) is 0.574. The highest BCUT2D eigenvalue weighted by molar-refractivity contribution is 7.17. The Kier molecular flexibility index (Phi) is 3.16. The lowest BCUT2D eigenvalue weighted by Gasteiger charge is -2.26. The van der Waals surface area contributed by atoms with Gasteiger partial charge in [-0.25, -0.2) is 4.79 Å². The Balaban J connectivity index is 2.13. The van der Waals surface area contributed by atoms with Crippen LogP contribution < -0.4 is 10.3 Å². The molecule has 0 saturated carbocycles. The van der Waals surface area contributed by atoms with Crippen molar-refractivity contribution in [2.24, 2.45) is 4.99 Å². The number of rotatable bonds is 2. The number of anilines is 1. The minimum Gasteiger partial charge on any atom is -0.437 e. The van der Waals surface area contributed by atoms with Crippen molar-refractivity contribution in [3.63, 3.8) is 0 Å². The molecule has 3 heterocycles. The molecule has 1 saturated heterocycles. The zero-order valence-electron chi connectivity index (χ0n) is 9.92. The van der Waals surface area contributed by atoms with E-state index in [4.69, 9.17) is 9.15 Å². The number of aliphatic imine (C=N–C) groups is 1. The van der Waals surface area contributed by atoms with Crippen LogP contribution in [0.2, 0.25) is 0 Å². The predicted octanol–water partition coefficient (Wildman–Crippen LogP) is 1.66. The van der Waals surface area contributed by atoms with Crippen molar-refractivity contribution in [2.45, 2.75) is 0 Å². The van der Waals surface area contributed by atoms with E-state index >= 15 is 0 Å². The molecular weight excluding hydrogens is 268 g/mol. The zero-order chi connectivity index (χ0) is 13.2. The standard InChI is InChI=1S/C12H10N2O4S/c15-7-13-8-6-19-12-9(16)5-10(18-11(8)12)14-1-3-17-4-2-14/h5-6H,1-4H2. The lowest BCUT2D eigenvalue weighted by Crippen LogP contribution is -2.36. The maximum absolute atomic E-state index is 12.0. The monoisotopic (exact) mass is 278 g/mol. The van der Waals surface area contributed by atoms with Crippen LogP contribution in [0, 0.1) is 0 Å². The lowest BCUT2D eigenvalue weighted by molar-refractivity contribution is 0.121. The first kappa shape index (κ1) is 12.1. The van der Waals surface area contributed by atoms with Crippen LogP contribution in [-0.2, 0) is 9.53 Å². The fraction of sp³-hybridized carbons (Fsp3) is 0.333. The molecule has 6 nitrogen and oxygen atoms in total. The largest absolute Gasteiger partial charge is 0.437 e. The van der Waals surface area contributed by atoms with E-state index in [-0.39, 0.29) is 5.43 Å². The summed E-state index contributed by atoms with van der Waals surface area (Å²) in [6, 6.07) is 1.47. The van der Waals surface area contributed by atoms with E-state index < -0.39 is 0 Å². The maximum atomic E-state index is 12.0. The van der Waals surface area contributed by atoms with E-state index in [2.05, 4.69) is 4.99 Å². The van der Waals surface area contributed by atoms with E-state index in [1.54, 1.807) is 5.38 Å². The fourth-order valence-electron chi connectivity index (χ4n) is 1.98. The number of ether oxygens (including phenoxy) is 1. The summed E-state index contributed by atoms with van der Waals surface area (Å²) in [4.78, 5) is 27.9. The number of morpholine rings is 1. The molecule has 0 spiro atoms. The van der Waals surface area contributed by atoms with Gasteiger partial charge in [-0.05, 0) is 0 Å². The average molecular weight is 278 g/mol. The van der Waals surface area contributed by atoms with Crippen LogP contribution in [0.4, 0.5) is 11.6 Å². The van der Waals surface area contributed by atoms with Gasteiger partial charge in [0.25, 0.3) is 0 Å². The Morgan fingerprint density at radius 3 is 2.89 bits per heavy atom. The third-order valence-corrected chi connectivity index (χ3v) is 3.86. The van der Waals surface area contributed by atoms with Gasteiger partial charge < -0.3 is 14.1 Å². The number of thiophene rings is 1. The van der Waals surface area contributed by atoms with Crippen molar-refractivity contribution < 1.29 is 13.9 Å². The Morgan fingerprint density at radius 1 is 1.37 bits per heavy atom. The summed E-state index contributed by atoms with van der Waals surface area (Å²) in [5.74, 6) is 0.488. The van der Waals surface area contributed by atoms with Gasteiger partial charge in [-0.3, -0.25) is 4.79 Å². The van der Waals surface area contributed by atoms with Gasteiger partial charge in [0.1, 0.15) is 10.4 Å². The topological polar surface area (TPSA) is 72.1 Å². The Labute approximate surface area is 111 Å². The van der Waals surface area contributed by atoms with Gasteiger partial charge in [-0.2, -0.15) is 4.99 Å². The van der Waals surface area contributed by atoms with E-state index in [0.29, 0.717) is 48.2 Å². The first-order chi connectivity index (χ1) is 9.29. The third kappa shape index (κ3) is 2.19. The average Bonchev–Trinajstić information content (AvgIpc) is 2.84. The van der Waals surface area contributed by atoms with E-state index in [1.165, 1.54) is 23.5 Å². The Bertz CT molecular complexity index is 708. The molecule has 1 aliphatic rings. The van der Waals surface area contributed by atoms with Gasteiger partial charge in [0.2, 0.25) is 11.5 Å². The molecule has 0 amide bonds. The molecule has 0 atom stereocenters. The summed E-state index contributed by atoms with van der Waals surface area (Å²) >= 11 is 1.21. The summed E-state index contributed by atoms with van der Waals surface area (Å²) in [6.07, 6.45) is 1.47. The summed E-state index contributed by atoms with van der Waals surface area (Å²) in [5, 5.41) is 1.61. The summed E-state index contributed by atoms with van der Waals surface area (Å²) in [6.45, 7) is 2.55. The molecule has 1 fully saturated rings. The fourth-order valence-corrected chi connectivity index (χ4v) is 2.80. The highest BCUT2D eigenvalue weighted by Crippen LogP contribution is 2.32. The van der Waals surface area contributed by atoms with E-state index in [1.807, 2.05) is 4.90 Å². The molecule has 0 aliphatic carbocycles. The normalized spacial score (nSPS) is 15.5. The molecule has 2 aromatic rings. The Hall–Kier alpha value is -1.95. The minimum atomic E-state index is -0.125. The van der Waals surface area contributed by atoms with Crippen molar-refractivity contribution in [3.05, 3.63) is 21.7 Å². The molecule has 0 aromatic carbocycles. The molecule has 0 bridgehead atoms. The number of hydrogen-bond donors (Lipinski definition) is 0. The van der Waals surface area contributed by atoms with Crippen LogP contribution in [0.25, 0.3) is 10.3 Å². The van der Waals surface area contributed by atoms with Gasteiger partial charge in [0.05, 0.1) is 13.2 Å². The third-order valence-electron chi connectivity index (χ3n) is 2.90. The second kappa shape index (κ2) is 4.97. The van der Waals surface area contributed by atoms with Gasteiger partial charge in [-0.1, -0.05) is 0 Å². The van der Waals surface area contributed by atoms with Crippen LogP contribution in [0.3, 0.4) is 0 Å². The van der Waals surface area contributed by atoms with Gasteiger partial charge >= 0.3 is 0 Å². The summed E-state index contributed by atoms with van der Waals surface area (Å²) < 4.78 is 11.4. The predicted molar refractivity (Wildman–Crippen MR) is 71.2 cm³/mol. The van der Waals surface area contributed by atoms with Gasteiger partial charge in [0.15, 0.2) is 11.5 Å². The van der Waals surface area contributed by atoms with Gasteiger partial charge in [-0.15, -0.1) is 11.3 Å². The lowest BCUT2D eigenvalue weighted by atomic mass is 10.3. The molecule has 19 heavy (non-hydrogen) atoms. The number of carbonyl (C=O) groups excluding carboxylic acids is 1. The number of fused-ring (bicyclic) bond motifs is 1. The molecule has 98 valence electrons. The van der Waals surface area contributed by atoms with Gasteiger partial charge in [0, 0.05) is 24.5 Å². The molecular formula is C12H10N2O4S. The highest BCUT2D eigenvalue weighted by atomic mass is 32.1. The second-order valence-electron chi connectivity index (χ2n) is 4.03. The van der Waals surface area contributed by atoms with Crippen molar-refractivity contribution in [1.82, 2.24) is 0 Å². The molecule has 1 aliphatic heterocycles. The van der Waals surface area contributed by atoms with E-state index in [9.17, 15) is 9.59 Å². The minimum absolute atomic E-state index is 0.125. The molecule has 0 radical (unpaired) electrons. The van der Waals surface area contributed by atoms with Crippen LogP contribution in [0.5, 0.6) is 0 Å². The molecule has 2 aromatic heterocycles. The van der Waals surface area contributed by atoms with Crippen molar-refractivity contribution in [3.8, 4) is 0 Å². The van der Waals surface area contributed by atoms with Crippen molar-refractivity contribution in [1.29, 1.82) is 0 Å². The molecule has 7 heteroatoms. The number of isocyanates is 1. The van der Waals surface area contributed by atoms with E-state index in [0.717, 1.165) is 0 Å². The molecule has 3 rings (SSSR count). The zero-order valence-corrected chi connectivity index (χ0v) is 10.7. The molecule has 0 unspecified atom stereocenters. The van der Waals surface area contributed by atoms with Crippen LogP contribution in [0.1, 0.15) is 0 Å². The highest BCUT2D eigenvalue weighted by Gasteiger charge is 2.17. The Morgan fingerprint density at radius 2 is 2.16 bits per heavy atom. The first-order valence-corrected chi connectivity index (χ1v) is 6.63. The van der Waals surface area contributed by atoms with Crippen LogP contribution in [-0.4, -0.2) is 32.4 Å². The quantitative estimate of drug-likeness (QED) is 0.617. The van der Waals surface area contributed by atoms with Crippen molar-refractivity contribution in [2.75, 3.05) is 31.2 Å². The van der Waals surface area contributed by atoms with Crippen LogP contribution >= 0.6 is 11.3 Å². The molecule has 0 N–H and O–H groups in total. The number of hydrogen-bond acceptors (Lipinski definition) is 7. The van der Waals surface area contributed by atoms with Crippen LogP contribution in [0.15, 0.2) is 25.7 Å². The SMILES string of the molecule is O=C=Nc1csc2c(=O)cc(N3CCOCC3)oc12. The number of nitrogens with zero attached hydrogens (tertiary/aromatic N) is 2. The first-order valence-electron chi connectivity index (χ1n) is 5.75. The smallest absolute Gasteiger partial charge is 0.240 e.